The lowest BCUT2D eigenvalue weighted by Gasteiger charge is -2.09. The number of esters is 2. The summed E-state index contributed by atoms with van der Waals surface area (Å²) in [4.78, 5) is 22.9. The monoisotopic (exact) mass is 302 g/mol. The van der Waals surface area contributed by atoms with Crippen LogP contribution in [0, 0.1) is 0 Å². The third kappa shape index (κ3) is 3.76. The normalized spacial score (nSPS) is 10.5. The standard InChI is InChI=1S/C16H14O6/c1-19-14-9-11(4-6-15(17)20-2)3-5-13(14)22-16(18)12-7-8-21-10-12/h3-10H,1-2H3/b6-4+. The van der Waals surface area contributed by atoms with Crippen LogP contribution in [0.25, 0.3) is 6.08 Å². The number of hydrogen-bond donors (Lipinski definition) is 0. The van der Waals surface area contributed by atoms with Gasteiger partial charge in [-0.15, -0.1) is 0 Å². The number of rotatable bonds is 5. The summed E-state index contributed by atoms with van der Waals surface area (Å²) in [5, 5.41) is 0. The summed E-state index contributed by atoms with van der Waals surface area (Å²) in [5.74, 6) is -0.382. The van der Waals surface area contributed by atoms with Crippen molar-refractivity contribution < 1.29 is 28.2 Å². The van der Waals surface area contributed by atoms with Crippen molar-refractivity contribution in [1.29, 1.82) is 0 Å². The number of benzene rings is 1. The second kappa shape index (κ2) is 7.12. The lowest BCUT2D eigenvalue weighted by Crippen LogP contribution is -2.08. The van der Waals surface area contributed by atoms with Gasteiger partial charge in [-0.25, -0.2) is 9.59 Å². The minimum Gasteiger partial charge on any atom is -0.493 e. The Hall–Kier alpha value is -3.02. The molecule has 114 valence electrons. The first-order valence-electron chi connectivity index (χ1n) is 6.32. The molecule has 1 aromatic heterocycles. The Morgan fingerprint density at radius 2 is 1.95 bits per heavy atom. The average molecular weight is 302 g/mol. The largest absolute Gasteiger partial charge is 0.493 e. The Bertz CT molecular complexity index is 685. The Morgan fingerprint density at radius 1 is 1.14 bits per heavy atom. The SMILES string of the molecule is COC(=O)/C=C/c1ccc(OC(=O)c2ccoc2)c(OC)c1. The molecule has 0 spiro atoms. The van der Waals surface area contributed by atoms with E-state index >= 15 is 0 Å². The highest BCUT2D eigenvalue weighted by Gasteiger charge is 2.13. The van der Waals surface area contributed by atoms with E-state index in [1.807, 2.05) is 0 Å². The van der Waals surface area contributed by atoms with Crippen LogP contribution in [-0.2, 0) is 9.53 Å². The van der Waals surface area contributed by atoms with Gasteiger partial charge in [0.2, 0.25) is 0 Å². The van der Waals surface area contributed by atoms with Crippen molar-refractivity contribution in [3.8, 4) is 11.5 Å². The number of ether oxygens (including phenoxy) is 3. The van der Waals surface area contributed by atoms with Gasteiger partial charge in [0.15, 0.2) is 11.5 Å². The zero-order chi connectivity index (χ0) is 15.9. The van der Waals surface area contributed by atoms with Gasteiger partial charge in [-0.2, -0.15) is 0 Å². The predicted molar refractivity (Wildman–Crippen MR) is 77.7 cm³/mol. The molecule has 0 atom stereocenters. The molecule has 0 saturated carbocycles. The van der Waals surface area contributed by atoms with Crippen LogP contribution < -0.4 is 9.47 Å². The number of hydrogen-bond acceptors (Lipinski definition) is 6. The maximum absolute atomic E-state index is 11.9. The van der Waals surface area contributed by atoms with Gasteiger partial charge in [0.25, 0.3) is 0 Å². The summed E-state index contributed by atoms with van der Waals surface area (Å²) >= 11 is 0. The highest BCUT2D eigenvalue weighted by Crippen LogP contribution is 2.29. The van der Waals surface area contributed by atoms with Crippen LogP contribution in [0.5, 0.6) is 11.5 Å². The molecule has 22 heavy (non-hydrogen) atoms. The summed E-state index contributed by atoms with van der Waals surface area (Å²) in [7, 11) is 2.75. The molecule has 0 amide bonds. The van der Waals surface area contributed by atoms with Gasteiger partial charge in [-0.3, -0.25) is 0 Å². The van der Waals surface area contributed by atoms with Crippen molar-refractivity contribution in [2.75, 3.05) is 14.2 Å². The zero-order valence-electron chi connectivity index (χ0n) is 12.1. The van der Waals surface area contributed by atoms with E-state index < -0.39 is 11.9 Å². The lowest BCUT2D eigenvalue weighted by molar-refractivity contribution is -0.134. The molecule has 6 heteroatoms. The average Bonchev–Trinajstić information content (AvgIpc) is 3.08. The molecule has 1 aromatic carbocycles. The van der Waals surface area contributed by atoms with Crippen LogP contribution in [0.4, 0.5) is 0 Å². The lowest BCUT2D eigenvalue weighted by atomic mass is 10.2. The number of carbonyl (C=O) groups excluding carboxylic acids is 2. The zero-order valence-corrected chi connectivity index (χ0v) is 12.1. The Kier molecular flexibility index (Phi) is 4.98. The smallest absolute Gasteiger partial charge is 0.346 e. The maximum atomic E-state index is 11.9. The minimum atomic E-state index is -0.551. The maximum Gasteiger partial charge on any atom is 0.346 e. The van der Waals surface area contributed by atoms with Gasteiger partial charge in [-0.1, -0.05) is 6.07 Å². The first-order valence-corrected chi connectivity index (χ1v) is 6.32. The first kappa shape index (κ1) is 15.4. The van der Waals surface area contributed by atoms with E-state index in [4.69, 9.17) is 13.9 Å². The van der Waals surface area contributed by atoms with E-state index in [-0.39, 0.29) is 5.75 Å². The predicted octanol–water partition coefficient (Wildman–Crippen LogP) is 2.69. The molecule has 2 rings (SSSR count). The summed E-state index contributed by atoms with van der Waals surface area (Å²) in [6, 6.07) is 6.40. The summed E-state index contributed by atoms with van der Waals surface area (Å²) in [6.07, 6.45) is 5.53. The van der Waals surface area contributed by atoms with Crippen LogP contribution in [-0.4, -0.2) is 26.2 Å². The number of carbonyl (C=O) groups is 2. The van der Waals surface area contributed by atoms with Crippen LogP contribution in [0.3, 0.4) is 0 Å². The Labute approximate surface area is 126 Å². The fourth-order valence-electron chi connectivity index (χ4n) is 1.64. The second-order valence-electron chi connectivity index (χ2n) is 4.17. The van der Waals surface area contributed by atoms with Crippen LogP contribution in [0.2, 0.25) is 0 Å². The third-order valence-electron chi connectivity index (χ3n) is 2.76. The van der Waals surface area contributed by atoms with Crippen LogP contribution in [0.1, 0.15) is 15.9 Å². The van der Waals surface area contributed by atoms with E-state index in [0.717, 1.165) is 0 Å². The first-order chi connectivity index (χ1) is 10.6. The van der Waals surface area contributed by atoms with Gasteiger partial charge >= 0.3 is 11.9 Å². The van der Waals surface area contributed by atoms with Crippen molar-refractivity contribution in [2.24, 2.45) is 0 Å². The van der Waals surface area contributed by atoms with E-state index in [2.05, 4.69) is 4.74 Å². The third-order valence-corrected chi connectivity index (χ3v) is 2.76. The van der Waals surface area contributed by atoms with Gasteiger partial charge in [-0.05, 0) is 29.8 Å². The topological polar surface area (TPSA) is 75.0 Å². The molecule has 6 nitrogen and oxygen atoms in total. The van der Waals surface area contributed by atoms with Crippen molar-refractivity contribution in [1.82, 2.24) is 0 Å². The molecule has 0 unspecified atom stereocenters. The molecule has 0 saturated heterocycles. The van der Waals surface area contributed by atoms with E-state index in [1.165, 1.54) is 38.9 Å². The fourth-order valence-corrected chi connectivity index (χ4v) is 1.64. The number of methoxy groups -OCH3 is 2. The van der Waals surface area contributed by atoms with Crippen molar-refractivity contribution >= 4 is 18.0 Å². The summed E-state index contributed by atoms with van der Waals surface area (Å²) < 4.78 is 19.8. The highest BCUT2D eigenvalue weighted by atomic mass is 16.6. The number of furan rings is 1. The molecule has 0 radical (unpaired) electrons. The molecule has 1 heterocycles. The molecular formula is C16H14O6. The molecule has 0 fully saturated rings. The van der Waals surface area contributed by atoms with E-state index in [9.17, 15) is 9.59 Å². The van der Waals surface area contributed by atoms with Crippen LogP contribution >= 0.6 is 0 Å². The fraction of sp³-hybridized carbons (Fsp3) is 0.125. The molecule has 0 N–H and O–H groups in total. The highest BCUT2D eigenvalue weighted by molar-refractivity contribution is 5.91. The van der Waals surface area contributed by atoms with E-state index in [0.29, 0.717) is 16.9 Å². The molecule has 0 aliphatic heterocycles. The van der Waals surface area contributed by atoms with Gasteiger partial charge in [0, 0.05) is 6.08 Å². The summed E-state index contributed by atoms with van der Waals surface area (Å²) in [5.41, 5.74) is 1.00. The molecular weight excluding hydrogens is 288 g/mol. The van der Waals surface area contributed by atoms with Gasteiger partial charge in [0.1, 0.15) is 6.26 Å². The second-order valence-corrected chi connectivity index (χ2v) is 4.17. The van der Waals surface area contributed by atoms with Crippen LogP contribution in [0.15, 0.2) is 47.3 Å². The van der Waals surface area contributed by atoms with Gasteiger partial charge in [0.05, 0.1) is 26.0 Å². The minimum absolute atomic E-state index is 0.268. The quantitative estimate of drug-likeness (QED) is 0.480. The summed E-state index contributed by atoms with van der Waals surface area (Å²) in [6.45, 7) is 0. The Balaban J connectivity index is 2.17. The molecule has 0 bridgehead atoms. The molecule has 0 aliphatic carbocycles. The van der Waals surface area contributed by atoms with Crippen molar-refractivity contribution in [2.45, 2.75) is 0 Å². The Morgan fingerprint density at radius 3 is 2.59 bits per heavy atom. The van der Waals surface area contributed by atoms with Crippen molar-refractivity contribution in [3.63, 3.8) is 0 Å². The van der Waals surface area contributed by atoms with Gasteiger partial charge < -0.3 is 18.6 Å². The molecule has 0 aliphatic rings. The van der Waals surface area contributed by atoms with Crippen molar-refractivity contribution in [3.05, 3.63) is 54.0 Å². The molecule has 2 aromatic rings. The van der Waals surface area contributed by atoms with E-state index in [1.54, 1.807) is 24.3 Å².